The quantitative estimate of drug-likeness (QED) is 0.290. The lowest BCUT2D eigenvalue weighted by Crippen LogP contribution is -2.22. The van der Waals surface area contributed by atoms with E-state index in [1.165, 1.54) is 0 Å². The van der Waals surface area contributed by atoms with Crippen molar-refractivity contribution < 1.29 is 30.3 Å². The topological polar surface area (TPSA) is 144 Å². The number of rotatable bonds is 14. The van der Waals surface area contributed by atoms with Gasteiger partial charge >= 0.3 is 10.4 Å². The third-order valence-electron chi connectivity index (χ3n) is 3.29. The van der Waals surface area contributed by atoms with Crippen LogP contribution in [0, 0.1) is 6.92 Å². The molecule has 0 saturated heterocycles. The Morgan fingerprint density at radius 1 is 1.04 bits per heavy atom. The first-order valence-electron chi connectivity index (χ1n) is 8.48. The molecule has 0 radical (unpaired) electrons. The van der Waals surface area contributed by atoms with Gasteiger partial charge in [0, 0.05) is 26.3 Å². The maximum Gasteiger partial charge on any atom is 0.397 e. The SMILES string of the molecule is CCOCCCNc1cc(C)cc(NCCS(=O)(=O)CCOS(=O)(=O)O)n1. The van der Waals surface area contributed by atoms with Crippen LogP contribution in [0.5, 0.6) is 0 Å². The van der Waals surface area contributed by atoms with Crippen LogP contribution in [0.1, 0.15) is 18.9 Å². The maximum absolute atomic E-state index is 11.8. The zero-order valence-electron chi connectivity index (χ0n) is 15.5. The molecule has 0 aliphatic rings. The Morgan fingerprint density at radius 2 is 1.67 bits per heavy atom. The number of hydrogen-bond donors (Lipinski definition) is 3. The van der Waals surface area contributed by atoms with Crippen LogP contribution in [-0.2, 0) is 29.2 Å². The summed E-state index contributed by atoms with van der Waals surface area (Å²) in [5.74, 6) is 0.474. The highest BCUT2D eigenvalue weighted by Crippen LogP contribution is 2.13. The van der Waals surface area contributed by atoms with Gasteiger partial charge in [-0.2, -0.15) is 8.42 Å². The molecule has 3 N–H and O–H groups in total. The molecule has 0 saturated carbocycles. The van der Waals surface area contributed by atoms with Gasteiger partial charge in [0.05, 0.1) is 18.1 Å². The third kappa shape index (κ3) is 11.8. The number of nitrogens with one attached hydrogen (secondary N) is 2. The molecule has 0 bridgehead atoms. The van der Waals surface area contributed by atoms with Gasteiger partial charge in [-0.05, 0) is 38.0 Å². The van der Waals surface area contributed by atoms with Crippen molar-refractivity contribution in [3.8, 4) is 0 Å². The molecule has 0 spiro atoms. The van der Waals surface area contributed by atoms with Gasteiger partial charge in [0.15, 0.2) is 9.84 Å². The minimum atomic E-state index is -4.64. The highest BCUT2D eigenvalue weighted by molar-refractivity contribution is 7.91. The Balaban J connectivity index is 2.44. The van der Waals surface area contributed by atoms with Crippen molar-refractivity contribution >= 4 is 31.9 Å². The van der Waals surface area contributed by atoms with Gasteiger partial charge in [-0.15, -0.1) is 0 Å². The summed E-state index contributed by atoms with van der Waals surface area (Å²) in [6.45, 7) is 5.38. The fourth-order valence-corrected chi connectivity index (χ4v) is 3.44. The average Bonchev–Trinajstić information content (AvgIpc) is 2.52. The predicted molar refractivity (Wildman–Crippen MR) is 103 cm³/mol. The zero-order valence-corrected chi connectivity index (χ0v) is 17.1. The van der Waals surface area contributed by atoms with E-state index in [0.29, 0.717) is 31.4 Å². The van der Waals surface area contributed by atoms with Gasteiger partial charge in [0.25, 0.3) is 0 Å². The van der Waals surface area contributed by atoms with Crippen molar-refractivity contribution in [1.29, 1.82) is 0 Å². The van der Waals surface area contributed by atoms with Crippen molar-refractivity contribution in [1.82, 2.24) is 4.98 Å². The maximum atomic E-state index is 11.8. The van der Waals surface area contributed by atoms with Crippen LogP contribution < -0.4 is 10.6 Å². The third-order valence-corrected chi connectivity index (χ3v) is 5.37. The molecule has 1 rings (SSSR count). The van der Waals surface area contributed by atoms with Crippen molar-refractivity contribution in [3.63, 3.8) is 0 Å². The van der Waals surface area contributed by atoms with Gasteiger partial charge < -0.3 is 15.4 Å². The zero-order chi connectivity index (χ0) is 20.3. The van der Waals surface area contributed by atoms with E-state index in [9.17, 15) is 16.8 Å². The first-order chi connectivity index (χ1) is 12.6. The molecule has 12 heteroatoms. The van der Waals surface area contributed by atoms with E-state index in [1.807, 2.05) is 19.9 Å². The molecule has 0 amide bonds. The van der Waals surface area contributed by atoms with Gasteiger partial charge in [0.1, 0.15) is 11.6 Å². The van der Waals surface area contributed by atoms with Crippen LogP contribution in [0.2, 0.25) is 0 Å². The molecule has 156 valence electrons. The van der Waals surface area contributed by atoms with E-state index in [1.54, 1.807) is 6.07 Å². The van der Waals surface area contributed by atoms with Crippen molar-refractivity contribution in [2.24, 2.45) is 0 Å². The molecule has 0 aliphatic carbocycles. The molecule has 0 fully saturated rings. The summed E-state index contributed by atoms with van der Waals surface area (Å²) in [6.07, 6.45) is 0.843. The number of aryl methyl sites for hydroxylation is 1. The second-order valence-corrected chi connectivity index (χ2v) is 9.12. The molecule has 0 unspecified atom stereocenters. The van der Waals surface area contributed by atoms with Crippen molar-refractivity contribution in [3.05, 3.63) is 17.7 Å². The van der Waals surface area contributed by atoms with E-state index < -0.39 is 32.6 Å². The first kappa shape index (κ1) is 23.6. The van der Waals surface area contributed by atoms with Gasteiger partial charge in [-0.3, -0.25) is 4.55 Å². The Kier molecular flexibility index (Phi) is 9.94. The van der Waals surface area contributed by atoms with Gasteiger partial charge in [0.2, 0.25) is 0 Å². The van der Waals surface area contributed by atoms with Crippen molar-refractivity contribution in [2.45, 2.75) is 20.3 Å². The number of pyridine rings is 1. The monoisotopic (exact) mass is 425 g/mol. The second-order valence-electron chi connectivity index (χ2n) is 5.72. The molecule has 1 aromatic rings. The van der Waals surface area contributed by atoms with Crippen LogP contribution >= 0.6 is 0 Å². The largest absolute Gasteiger partial charge is 0.397 e. The first-order valence-corrected chi connectivity index (χ1v) is 11.7. The fourth-order valence-electron chi connectivity index (χ4n) is 2.09. The Bertz CT molecular complexity index is 783. The summed E-state index contributed by atoms with van der Waals surface area (Å²) in [6, 6.07) is 3.68. The van der Waals surface area contributed by atoms with E-state index >= 15 is 0 Å². The number of nitrogens with zero attached hydrogens (tertiary/aromatic N) is 1. The molecular weight excluding hydrogens is 398 g/mol. The number of aromatic nitrogens is 1. The lowest BCUT2D eigenvalue weighted by atomic mass is 10.3. The predicted octanol–water partition coefficient (Wildman–Crippen LogP) is 0.875. The van der Waals surface area contributed by atoms with E-state index in [2.05, 4.69) is 19.8 Å². The van der Waals surface area contributed by atoms with Gasteiger partial charge in [-0.25, -0.2) is 17.6 Å². The minimum absolute atomic E-state index is 0.106. The highest BCUT2D eigenvalue weighted by Gasteiger charge is 2.13. The van der Waals surface area contributed by atoms with Gasteiger partial charge in [-0.1, -0.05) is 0 Å². The van der Waals surface area contributed by atoms with Crippen LogP contribution in [0.4, 0.5) is 11.6 Å². The highest BCUT2D eigenvalue weighted by atomic mass is 32.3. The molecule has 10 nitrogen and oxygen atoms in total. The van der Waals surface area contributed by atoms with E-state index in [0.717, 1.165) is 12.0 Å². The van der Waals surface area contributed by atoms with E-state index in [-0.39, 0.29) is 12.3 Å². The average molecular weight is 426 g/mol. The van der Waals surface area contributed by atoms with Crippen LogP contribution in [0.15, 0.2) is 12.1 Å². The van der Waals surface area contributed by atoms with Crippen molar-refractivity contribution in [2.75, 3.05) is 55.0 Å². The molecule has 0 atom stereocenters. The summed E-state index contributed by atoms with van der Waals surface area (Å²) >= 11 is 0. The van der Waals surface area contributed by atoms with Crippen LogP contribution in [-0.4, -0.2) is 70.8 Å². The summed E-state index contributed by atoms with van der Waals surface area (Å²) < 4.78 is 62.2. The summed E-state index contributed by atoms with van der Waals surface area (Å²) in [7, 11) is -8.18. The standard InChI is InChI=1S/C15H27N3O7S2/c1-3-24-7-4-5-16-14-11-13(2)12-15(18-14)17-6-9-26(19,20)10-8-25-27(21,22)23/h11-12H,3-10H2,1-2H3,(H2,16,17,18)(H,21,22,23). The molecule has 0 aliphatic heterocycles. The Labute approximate surface area is 160 Å². The normalized spacial score (nSPS) is 12.1. The molecular formula is C15H27N3O7S2. The lowest BCUT2D eigenvalue weighted by molar-refractivity contribution is 0.147. The molecule has 27 heavy (non-hydrogen) atoms. The summed E-state index contributed by atoms with van der Waals surface area (Å²) in [5.41, 5.74) is 0.962. The Hall–Kier alpha value is -1.47. The lowest BCUT2D eigenvalue weighted by Gasteiger charge is -2.11. The summed E-state index contributed by atoms with van der Waals surface area (Å²) in [4.78, 5) is 4.37. The number of hydrogen-bond acceptors (Lipinski definition) is 9. The van der Waals surface area contributed by atoms with Crippen LogP contribution in [0.25, 0.3) is 0 Å². The second kappa shape index (κ2) is 11.4. The molecule has 0 aromatic carbocycles. The minimum Gasteiger partial charge on any atom is -0.382 e. The van der Waals surface area contributed by atoms with Crippen LogP contribution in [0.3, 0.4) is 0 Å². The smallest absolute Gasteiger partial charge is 0.382 e. The fraction of sp³-hybridized carbons (Fsp3) is 0.667. The number of sulfone groups is 1. The molecule has 1 heterocycles. The number of ether oxygens (including phenoxy) is 1. The summed E-state index contributed by atoms with van der Waals surface area (Å²) in [5, 5.41) is 6.12. The van der Waals surface area contributed by atoms with E-state index in [4.69, 9.17) is 9.29 Å². The molecule has 1 aromatic heterocycles. The Morgan fingerprint density at radius 3 is 2.26 bits per heavy atom. The number of anilines is 2.